The molecule has 0 aliphatic heterocycles. The Balaban J connectivity index is 2.03. The Bertz CT molecular complexity index is 577. The van der Waals surface area contributed by atoms with E-state index in [1.54, 1.807) is 6.07 Å². The number of hydrogen-bond acceptors (Lipinski definition) is 4. The number of fused-ring (bicyclic) bond motifs is 1. The molecule has 1 aliphatic rings. The van der Waals surface area contributed by atoms with Crippen LogP contribution in [0.1, 0.15) is 48.7 Å². The Morgan fingerprint density at radius 2 is 2.09 bits per heavy atom. The number of hydroxylamine groups is 2. The van der Waals surface area contributed by atoms with Crippen LogP contribution in [-0.2, 0) is 27.2 Å². The summed E-state index contributed by atoms with van der Waals surface area (Å²) in [6.07, 6.45) is 3.50. The zero-order valence-electron chi connectivity index (χ0n) is 14.3. The second kappa shape index (κ2) is 7.13. The molecule has 0 N–H and O–H groups in total. The van der Waals surface area contributed by atoms with Crippen molar-refractivity contribution in [3.05, 3.63) is 34.9 Å². The number of hydrogen-bond donors (Lipinski definition) is 0. The van der Waals surface area contributed by atoms with Crippen molar-refractivity contribution in [2.24, 2.45) is 5.92 Å². The number of methoxy groups -OCH3 is 1. The number of aryl methyl sites for hydroxylation is 1. The van der Waals surface area contributed by atoms with E-state index in [1.165, 1.54) is 23.3 Å². The number of carbonyl (C=O) groups is 2. The van der Waals surface area contributed by atoms with E-state index in [2.05, 4.69) is 0 Å². The van der Waals surface area contributed by atoms with Crippen LogP contribution in [0.15, 0.2) is 18.2 Å². The lowest BCUT2D eigenvalue weighted by Gasteiger charge is -2.32. The highest BCUT2D eigenvalue weighted by Gasteiger charge is 2.24. The van der Waals surface area contributed by atoms with Crippen molar-refractivity contribution in [3.63, 3.8) is 0 Å². The molecule has 1 aromatic rings. The standard InChI is InChI=1S/C18H25NO4/c1-18(2,3)23-19(12-20)11-13-5-6-15-10-16(17(21)22-4)8-7-14(15)9-13/h7-8,10,12-13H,5-6,9,11H2,1-4H3/t13-/m0/s1. The van der Waals surface area contributed by atoms with Crippen molar-refractivity contribution < 1.29 is 19.2 Å². The summed E-state index contributed by atoms with van der Waals surface area (Å²) in [5.41, 5.74) is 2.63. The van der Waals surface area contributed by atoms with Crippen LogP contribution in [0, 0.1) is 5.92 Å². The first-order valence-corrected chi connectivity index (χ1v) is 7.93. The van der Waals surface area contributed by atoms with Gasteiger partial charge in [-0.25, -0.2) is 9.86 Å². The molecular weight excluding hydrogens is 294 g/mol. The van der Waals surface area contributed by atoms with Crippen LogP contribution in [-0.4, -0.2) is 36.7 Å². The monoisotopic (exact) mass is 319 g/mol. The summed E-state index contributed by atoms with van der Waals surface area (Å²) in [5.74, 6) is 0.0552. The zero-order chi connectivity index (χ0) is 17.0. The molecule has 5 heteroatoms. The zero-order valence-corrected chi connectivity index (χ0v) is 14.3. The molecule has 23 heavy (non-hydrogen) atoms. The van der Waals surface area contributed by atoms with Gasteiger partial charge < -0.3 is 4.74 Å². The van der Waals surface area contributed by atoms with Crippen molar-refractivity contribution >= 4 is 12.4 Å². The predicted molar refractivity (Wildman–Crippen MR) is 86.9 cm³/mol. The summed E-state index contributed by atoms with van der Waals surface area (Å²) in [6.45, 7) is 6.36. The second-order valence-electron chi connectivity index (χ2n) is 6.99. The fraction of sp³-hybridized carbons (Fsp3) is 0.556. The summed E-state index contributed by atoms with van der Waals surface area (Å²) in [5, 5.41) is 1.40. The smallest absolute Gasteiger partial charge is 0.337 e. The molecule has 0 radical (unpaired) electrons. The molecule has 1 aliphatic carbocycles. The van der Waals surface area contributed by atoms with Gasteiger partial charge in [0.2, 0.25) is 6.41 Å². The number of amides is 1. The van der Waals surface area contributed by atoms with Gasteiger partial charge in [-0.2, -0.15) is 0 Å². The first-order valence-electron chi connectivity index (χ1n) is 7.93. The molecule has 1 amide bonds. The first kappa shape index (κ1) is 17.5. The van der Waals surface area contributed by atoms with Crippen LogP contribution < -0.4 is 0 Å². The average Bonchev–Trinajstić information content (AvgIpc) is 2.51. The molecule has 0 spiro atoms. The number of esters is 1. The summed E-state index contributed by atoms with van der Waals surface area (Å²) in [6, 6.07) is 5.71. The molecule has 5 nitrogen and oxygen atoms in total. The van der Waals surface area contributed by atoms with Gasteiger partial charge in [0.05, 0.1) is 24.8 Å². The van der Waals surface area contributed by atoms with Gasteiger partial charge in [0.25, 0.3) is 0 Å². The molecule has 1 atom stereocenters. The molecule has 0 bridgehead atoms. The molecule has 0 saturated carbocycles. The van der Waals surface area contributed by atoms with Gasteiger partial charge in [-0.1, -0.05) is 6.07 Å². The van der Waals surface area contributed by atoms with Crippen LogP contribution in [0.4, 0.5) is 0 Å². The summed E-state index contributed by atoms with van der Waals surface area (Å²) in [4.78, 5) is 28.4. The van der Waals surface area contributed by atoms with E-state index in [9.17, 15) is 9.59 Å². The Kier molecular flexibility index (Phi) is 5.42. The van der Waals surface area contributed by atoms with E-state index >= 15 is 0 Å². The highest BCUT2D eigenvalue weighted by Crippen LogP contribution is 2.27. The van der Waals surface area contributed by atoms with E-state index in [1.807, 2.05) is 32.9 Å². The summed E-state index contributed by atoms with van der Waals surface area (Å²) < 4.78 is 4.76. The van der Waals surface area contributed by atoms with Gasteiger partial charge in [0, 0.05) is 0 Å². The fourth-order valence-electron chi connectivity index (χ4n) is 2.94. The van der Waals surface area contributed by atoms with Crippen LogP contribution in [0.2, 0.25) is 0 Å². The van der Waals surface area contributed by atoms with Crippen LogP contribution >= 0.6 is 0 Å². The Morgan fingerprint density at radius 3 is 2.70 bits per heavy atom. The Hall–Kier alpha value is -1.88. The molecule has 126 valence electrons. The van der Waals surface area contributed by atoms with Gasteiger partial charge in [-0.3, -0.25) is 9.63 Å². The average molecular weight is 319 g/mol. The van der Waals surface area contributed by atoms with E-state index in [0.29, 0.717) is 18.0 Å². The van der Waals surface area contributed by atoms with Crippen LogP contribution in [0.3, 0.4) is 0 Å². The molecular formula is C18H25NO4. The van der Waals surface area contributed by atoms with Gasteiger partial charge in [0.1, 0.15) is 0 Å². The van der Waals surface area contributed by atoms with Crippen molar-refractivity contribution in [2.45, 2.75) is 45.6 Å². The summed E-state index contributed by atoms with van der Waals surface area (Å²) >= 11 is 0. The first-order chi connectivity index (χ1) is 10.8. The maximum absolute atomic E-state index is 11.6. The lowest BCUT2D eigenvalue weighted by atomic mass is 9.83. The largest absolute Gasteiger partial charge is 0.465 e. The van der Waals surface area contributed by atoms with Crippen LogP contribution in [0.5, 0.6) is 0 Å². The lowest BCUT2D eigenvalue weighted by molar-refractivity contribution is -0.220. The highest BCUT2D eigenvalue weighted by atomic mass is 16.7. The van der Waals surface area contributed by atoms with Crippen molar-refractivity contribution in [2.75, 3.05) is 13.7 Å². The van der Waals surface area contributed by atoms with Crippen LogP contribution in [0.25, 0.3) is 0 Å². The fourth-order valence-corrected chi connectivity index (χ4v) is 2.94. The minimum atomic E-state index is -0.386. The number of ether oxygens (including phenoxy) is 1. The van der Waals surface area contributed by atoms with E-state index < -0.39 is 0 Å². The van der Waals surface area contributed by atoms with E-state index in [4.69, 9.17) is 9.57 Å². The molecule has 1 aromatic carbocycles. The third kappa shape index (κ3) is 4.79. The SMILES string of the molecule is COC(=O)c1ccc2c(c1)CC[C@H](CN(C=O)OC(C)(C)C)C2. The molecule has 0 fully saturated rings. The van der Waals surface area contributed by atoms with Crippen molar-refractivity contribution in [1.82, 2.24) is 5.06 Å². The third-order valence-electron chi connectivity index (χ3n) is 3.90. The maximum atomic E-state index is 11.6. The predicted octanol–water partition coefficient (Wildman–Crippen LogP) is 2.77. The molecule has 0 aromatic heterocycles. The van der Waals surface area contributed by atoms with Gasteiger partial charge in [-0.15, -0.1) is 0 Å². The minimum absolute atomic E-state index is 0.305. The quantitative estimate of drug-likeness (QED) is 0.476. The van der Waals surface area contributed by atoms with Gasteiger partial charge in [0.15, 0.2) is 0 Å². The molecule has 0 saturated heterocycles. The minimum Gasteiger partial charge on any atom is -0.465 e. The Labute approximate surface area is 137 Å². The van der Waals surface area contributed by atoms with Gasteiger partial charge >= 0.3 is 5.97 Å². The van der Waals surface area contributed by atoms with Crippen molar-refractivity contribution in [1.29, 1.82) is 0 Å². The van der Waals surface area contributed by atoms with Crippen molar-refractivity contribution in [3.8, 4) is 0 Å². The summed E-state index contributed by atoms with van der Waals surface area (Å²) in [7, 11) is 1.39. The number of benzene rings is 1. The van der Waals surface area contributed by atoms with Gasteiger partial charge in [-0.05, 0) is 69.2 Å². The maximum Gasteiger partial charge on any atom is 0.337 e. The molecule has 0 heterocycles. The lowest BCUT2D eigenvalue weighted by Crippen LogP contribution is -2.37. The third-order valence-corrected chi connectivity index (χ3v) is 3.90. The number of carbonyl (C=O) groups excluding carboxylic acids is 2. The normalized spacial score (nSPS) is 17.3. The molecule has 2 rings (SSSR count). The highest BCUT2D eigenvalue weighted by molar-refractivity contribution is 5.89. The van der Waals surface area contributed by atoms with E-state index in [0.717, 1.165) is 25.7 Å². The second-order valence-corrected chi connectivity index (χ2v) is 6.99. The molecule has 0 unspecified atom stereocenters. The topological polar surface area (TPSA) is 55.8 Å². The number of nitrogens with zero attached hydrogens (tertiary/aromatic N) is 1. The van der Waals surface area contributed by atoms with E-state index in [-0.39, 0.29) is 11.6 Å². The number of rotatable bonds is 5. The Morgan fingerprint density at radius 1 is 1.35 bits per heavy atom.